The number of rotatable bonds is 2. The summed E-state index contributed by atoms with van der Waals surface area (Å²) in [5.74, 6) is 2.30. The van der Waals surface area contributed by atoms with Gasteiger partial charge >= 0.3 is 0 Å². The van der Waals surface area contributed by atoms with Gasteiger partial charge in [-0.2, -0.15) is 11.8 Å². The SMILES string of the molecule is CNCC1CCSC1C. The second-order valence-electron chi connectivity index (χ2n) is 2.68. The van der Waals surface area contributed by atoms with E-state index in [9.17, 15) is 0 Å². The lowest BCUT2D eigenvalue weighted by Crippen LogP contribution is -2.22. The molecule has 1 fully saturated rings. The predicted octanol–water partition coefficient (Wildman–Crippen LogP) is 1.35. The van der Waals surface area contributed by atoms with E-state index in [-0.39, 0.29) is 0 Å². The van der Waals surface area contributed by atoms with E-state index < -0.39 is 0 Å². The van der Waals surface area contributed by atoms with E-state index in [1.807, 2.05) is 7.05 Å². The molecule has 0 aromatic heterocycles. The molecule has 2 atom stereocenters. The smallest absolute Gasteiger partial charge is 0.00593 e. The monoisotopic (exact) mass is 145 g/mol. The summed E-state index contributed by atoms with van der Waals surface area (Å²) >= 11 is 2.11. The second kappa shape index (κ2) is 3.47. The molecule has 0 saturated carbocycles. The van der Waals surface area contributed by atoms with Gasteiger partial charge in [0.15, 0.2) is 0 Å². The zero-order chi connectivity index (χ0) is 6.69. The average Bonchev–Trinajstić information content (AvgIpc) is 2.18. The molecule has 0 radical (unpaired) electrons. The molecule has 1 saturated heterocycles. The van der Waals surface area contributed by atoms with Crippen molar-refractivity contribution >= 4 is 11.8 Å². The van der Waals surface area contributed by atoms with Crippen LogP contribution in [0.25, 0.3) is 0 Å². The van der Waals surface area contributed by atoms with E-state index in [4.69, 9.17) is 0 Å². The molecule has 2 unspecified atom stereocenters. The van der Waals surface area contributed by atoms with E-state index in [1.54, 1.807) is 0 Å². The number of nitrogens with one attached hydrogen (secondary N) is 1. The van der Waals surface area contributed by atoms with Crippen molar-refractivity contribution in [3.05, 3.63) is 0 Å². The molecule has 1 heterocycles. The number of thioether (sulfide) groups is 1. The molecule has 1 rings (SSSR count). The zero-order valence-electron chi connectivity index (χ0n) is 6.18. The van der Waals surface area contributed by atoms with Gasteiger partial charge in [-0.1, -0.05) is 6.92 Å². The van der Waals surface area contributed by atoms with Gasteiger partial charge in [-0.15, -0.1) is 0 Å². The fraction of sp³-hybridized carbons (Fsp3) is 1.00. The van der Waals surface area contributed by atoms with Gasteiger partial charge in [-0.05, 0) is 31.7 Å². The van der Waals surface area contributed by atoms with Crippen LogP contribution >= 0.6 is 11.8 Å². The Labute approximate surface area is 61.6 Å². The molecule has 54 valence electrons. The summed E-state index contributed by atoms with van der Waals surface area (Å²) in [7, 11) is 2.04. The van der Waals surface area contributed by atoms with Gasteiger partial charge in [0, 0.05) is 5.25 Å². The van der Waals surface area contributed by atoms with Crippen molar-refractivity contribution in [1.82, 2.24) is 5.32 Å². The Bertz CT molecular complexity index is 85.0. The lowest BCUT2D eigenvalue weighted by molar-refractivity contribution is 0.503. The van der Waals surface area contributed by atoms with Crippen molar-refractivity contribution in [2.24, 2.45) is 5.92 Å². The molecule has 0 bridgehead atoms. The molecule has 0 aliphatic carbocycles. The molecule has 0 amide bonds. The predicted molar refractivity (Wildman–Crippen MR) is 44.0 cm³/mol. The van der Waals surface area contributed by atoms with Gasteiger partial charge in [0.1, 0.15) is 0 Å². The average molecular weight is 145 g/mol. The molecule has 1 N–H and O–H groups in total. The first-order valence-corrected chi connectivity index (χ1v) is 4.65. The molecule has 1 aliphatic rings. The quantitative estimate of drug-likeness (QED) is 0.629. The fourth-order valence-corrected chi connectivity index (χ4v) is 2.62. The maximum Gasteiger partial charge on any atom is 0.00593 e. The summed E-state index contributed by atoms with van der Waals surface area (Å²) < 4.78 is 0. The van der Waals surface area contributed by atoms with Crippen LogP contribution in [0.1, 0.15) is 13.3 Å². The Morgan fingerprint density at radius 1 is 1.67 bits per heavy atom. The lowest BCUT2D eigenvalue weighted by atomic mass is 10.0. The Kier molecular flexibility index (Phi) is 2.86. The highest BCUT2D eigenvalue weighted by molar-refractivity contribution is 8.00. The van der Waals surface area contributed by atoms with Crippen LogP contribution in [0.2, 0.25) is 0 Å². The Hall–Kier alpha value is 0.310. The van der Waals surface area contributed by atoms with E-state index in [0.717, 1.165) is 11.2 Å². The van der Waals surface area contributed by atoms with Gasteiger partial charge in [-0.25, -0.2) is 0 Å². The van der Waals surface area contributed by atoms with Gasteiger partial charge in [-0.3, -0.25) is 0 Å². The summed E-state index contributed by atoms with van der Waals surface area (Å²) in [6.07, 6.45) is 1.41. The second-order valence-corrected chi connectivity index (χ2v) is 4.17. The lowest BCUT2D eigenvalue weighted by Gasteiger charge is -2.12. The number of hydrogen-bond donors (Lipinski definition) is 1. The molecule has 0 aromatic carbocycles. The highest BCUT2D eigenvalue weighted by Gasteiger charge is 2.22. The van der Waals surface area contributed by atoms with E-state index in [1.165, 1.54) is 18.7 Å². The third-order valence-electron chi connectivity index (χ3n) is 2.00. The van der Waals surface area contributed by atoms with Crippen LogP contribution in [-0.4, -0.2) is 24.6 Å². The van der Waals surface area contributed by atoms with Gasteiger partial charge in [0.25, 0.3) is 0 Å². The third kappa shape index (κ3) is 1.87. The van der Waals surface area contributed by atoms with Crippen LogP contribution in [0.4, 0.5) is 0 Å². The van der Waals surface area contributed by atoms with Crippen LogP contribution in [0.5, 0.6) is 0 Å². The molecule has 2 heteroatoms. The van der Waals surface area contributed by atoms with Crippen molar-refractivity contribution in [3.8, 4) is 0 Å². The first kappa shape index (κ1) is 7.42. The van der Waals surface area contributed by atoms with Crippen LogP contribution in [0.15, 0.2) is 0 Å². The minimum absolute atomic E-state index is 0.887. The fourth-order valence-electron chi connectivity index (χ4n) is 1.31. The minimum Gasteiger partial charge on any atom is -0.319 e. The number of hydrogen-bond acceptors (Lipinski definition) is 2. The summed E-state index contributed by atoms with van der Waals surface area (Å²) in [4.78, 5) is 0. The molecule has 0 spiro atoms. The summed E-state index contributed by atoms with van der Waals surface area (Å²) in [6.45, 7) is 3.54. The van der Waals surface area contributed by atoms with Crippen LogP contribution < -0.4 is 5.32 Å². The first-order chi connectivity index (χ1) is 4.34. The molecule has 0 aromatic rings. The zero-order valence-corrected chi connectivity index (χ0v) is 7.00. The minimum atomic E-state index is 0.887. The van der Waals surface area contributed by atoms with Gasteiger partial charge in [0.2, 0.25) is 0 Å². The van der Waals surface area contributed by atoms with Crippen molar-refractivity contribution in [2.45, 2.75) is 18.6 Å². The van der Waals surface area contributed by atoms with E-state index in [2.05, 4.69) is 24.0 Å². The van der Waals surface area contributed by atoms with Gasteiger partial charge in [0.05, 0.1) is 0 Å². The summed E-state index contributed by atoms with van der Waals surface area (Å²) in [6, 6.07) is 0. The van der Waals surface area contributed by atoms with Crippen molar-refractivity contribution in [3.63, 3.8) is 0 Å². The largest absolute Gasteiger partial charge is 0.319 e. The standard InChI is InChI=1S/C7H15NS/c1-6-7(5-8-2)3-4-9-6/h6-8H,3-5H2,1-2H3. The highest BCUT2D eigenvalue weighted by atomic mass is 32.2. The van der Waals surface area contributed by atoms with Crippen LogP contribution in [0.3, 0.4) is 0 Å². The molecular weight excluding hydrogens is 130 g/mol. The van der Waals surface area contributed by atoms with E-state index in [0.29, 0.717) is 0 Å². The Morgan fingerprint density at radius 3 is 2.89 bits per heavy atom. The molecular formula is C7H15NS. The highest BCUT2D eigenvalue weighted by Crippen LogP contribution is 2.30. The summed E-state index contributed by atoms with van der Waals surface area (Å²) in [5.41, 5.74) is 0. The van der Waals surface area contributed by atoms with Crippen LogP contribution in [0, 0.1) is 5.92 Å². The maximum absolute atomic E-state index is 3.23. The van der Waals surface area contributed by atoms with Gasteiger partial charge < -0.3 is 5.32 Å². The topological polar surface area (TPSA) is 12.0 Å². The molecule has 1 aliphatic heterocycles. The molecule has 1 nitrogen and oxygen atoms in total. The van der Waals surface area contributed by atoms with Crippen LogP contribution in [-0.2, 0) is 0 Å². The van der Waals surface area contributed by atoms with Crippen molar-refractivity contribution in [2.75, 3.05) is 19.3 Å². The van der Waals surface area contributed by atoms with Crippen molar-refractivity contribution in [1.29, 1.82) is 0 Å². The Morgan fingerprint density at radius 2 is 2.44 bits per heavy atom. The molecule has 9 heavy (non-hydrogen) atoms. The first-order valence-electron chi connectivity index (χ1n) is 3.61. The van der Waals surface area contributed by atoms with E-state index >= 15 is 0 Å². The normalized spacial score (nSPS) is 35.3. The maximum atomic E-state index is 3.23. The van der Waals surface area contributed by atoms with Crippen molar-refractivity contribution < 1.29 is 0 Å². The third-order valence-corrected chi connectivity index (χ3v) is 3.38. The summed E-state index contributed by atoms with van der Waals surface area (Å²) in [5, 5.41) is 4.11. The Balaban J connectivity index is 2.22.